The van der Waals surface area contributed by atoms with Crippen LogP contribution in [0, 0.1) is 0 Å². The second kappa shape index (κ2) is 4.17. The molecule has 2 nitrogen and oxygen atoms in total. The molecule has 1 saturated carbocycles. The van der Waals surface area contributed by atoms with Crippen molar-refractivity contribution >= 4 is 21.4 Å². The van der Waals surface area contributed by atoms with Crippen molar-refractivity contribution in [3.8, 4) is 0 Å². The molecule has 0 saturated heterocycles. The Balaban J connectivity index is 1.70. The minimum absolute atomic E-state index is 0.0725. The Kier molecular flexibility index (Phi) is 2.67. The molecule has 0 amide bonds. The van der Waals surface area contributed by atoms with Crippen LogP contribution in [0.4, 0.5) is 0 Å². The molecule has 0 aliphatic heterocycles. The van der Waals surface area contributed by atoms with Gasteiger partial charge < -0.3 is 10.4 Å². The molecule has 0 spiro atoms. The molecule has 0 unspecified atom stereocenters. The van der Waals surface area contributed by atoms with Gasteiger partial charge in [0.2, 0.25) is 0 Å². The Morgan fingerprint density at radius 1 is 1.31 bits per heavy atom. The third kappa shape index (κ3) is 1.86. The van der Waals surface area contributed by atoms with Crippen LogP contribution in [-0.2, 0) is 6.54 Å². The van der Waals surface area contributed by atoms with Crippen LogP contribution in [0.3, 0.4) is 0 Å². The molecule has 1 heterocycles. The molecule has 1 aromatic carbocycles. The molecule has 3 heteroatoms. The highest BCUT2D eigenvalue weighted by atomic mass is 32.1. The number of thiophene rings is 1. The minimum atomic E-state index is -0.0725. The van der Waals surface area contributed by atoms with Gasteiger partial charge in [-0.05, 0) is 35.2 Å². The number of aliphatic hydroxyl groups excluding tert-OH is 1. The molecular weight excluding hydrogens is 218 g/mol. The molecule has 2 N–H and O–H groups in total. The van der Waals surface area contributed by atoms with Gasteiger partial charge in [0.1, 0.15) is 0 Å². The Hall–Kier alpha value is -0.900. The SMILES string of the molecule is OC1CC(NCc2csc3ccccc23)C1. The van der Waals surface area contributed by atoms with Crippen molar-refractivity contribution in [1.82, 2.24) is 5.32 Å². The van der Waals surface area contributed by atoms with E-state index in [9.17, 15) is 5.11 Å². The van der Waals surface area contributed by atoms with Crippen molar-refractivity contribution < 1.29 is 5.11 Å². The van der Waals surface area contributed by atoms with Crippen LogP contribution < -0.4 is 5.32 Å². The molecule has 84 valence electrons. The van der Waals surface area contributed by atoms with Gasteiger partial charge in [0.05, 0.1) is 6.10 Å². The van der Waals surface area contributed by atoms with Crippen LogP contribution in [0.25, 0.3) is 10.1 Å². The first-order chi connectivity index (χ1) is 7.83. The second-order valence-electron chi connectivity index (χ2n) is 4.46. The van der Waals surface area contributed by atoms with Gasteiger partial charge in [0, 0.05) is 17.3 Å². The smallest absolute Gasteiger partial charge is 0.0570 e. The van der Waals surface area contributed by atoms with Crippen LogP contribution >= 0.6 is 11.3 Å². The molecule has 1 aliphatic carbocycles. The molecule has 0 atom stereocenters. The van der Waals surface area contributed by atoms with Gasteiger partial charge in [-0.3, -0.25) is 0 Å². The van der Waals surface area contributed by atoms with E-state index >= 15 is 0 Å². The van der Waals surface area contributed by atoms with Gasteiger partial charge in [-0.25, -0.2) is 0 Å². The fraction of sp³-hybridized carbons (Fsp3) is 0.385. The average Bonchev–Trinajstić information content (AvgIpc) is 2.66. The molecule has 1 aromatic heterocycles. The Labute approximate surface area is 98.9 Å². The molecule has 0 radical (unpaired) electrons. The van der Waals surface area contributed by atoms with Crippen LogP contribution in [0.2, 0.25) is 0 Å². The number of benzene rings is 1. The average molecular weight is 233 g/mol. The zero-order valence-corrected chi connectivity index (χ0v) is 9.83. The summed E-state index contributed by atoms with van der Waals surface area (Å²) in [5, 5.41) is 16.3. The largest absolute Gasteiger partial charge is 0.393 e. The number of rotatable bonds is 3. The summed E-state index contributed by atoms with van der Waals surface area (Å²) in [7, 11) is 0. The third-order valence-electron chi connectivity index (χ3n) is 3.26. The fourth-order valence-electron chi connectivity index (χ4n) is 2.18. The molecule has 0 bridgehead atoms. The van der Waals surface area contributed by atoms with Crippen LogP contribution in [-0.4, -0.2) is 17.3 Å². The molecule has 16 heavy (non-hydrogen) atoms. The van der Waals surface area contributed by atoms with Crippen LogP contribution in [0.5, 0.6) is 0 Å². The summed E-state index contributed by atoms with van der Waals surface area (Å²) in [6, 6.07) is 9.02. The maximum Gasteiger partial charge on any atom is 0.0570 e. The Morgan fingerprint density at radius 3 is 2.94 bits per heavy atom. The zero-order valence-electron chi connectivity index (χ0n) is 9.02. The van der Waals surface area contributed by atoms with E-state index in [4.69, 9.17) is 0 Å². The van der Waals surface area contributed by atoms with E-state index in [1.165, 1.54) is 15.6 Å². The monoisotopic (exact) mass is 233 g/mol. The number of hydrogen-bond acceptors (Lipinski definition) is 3. The lowest BCUT2D eigenvalue weighted by molar-refractivity contribution is 0.0620. The summed E-state index contributed by atoms with van der Waals surface area (Å²) in [6.45, 7) is 0.918. The summed E-state index contributed by atoms with van der Waals surface area (Å²) >= 11 is 1.80. The van der Waals surface area contributed by atoms with Gasteiger partial charge in [0.15, 0.2) is 0 Å². The lowest BCUT2D eigenvalue weighted by atomic mass is 9.89. The lowest BCUT2D eigenvalue weighted by Crippen LogP contribution is -2.43. The summed E-state index contributed by atoms with van der Waals surface area (Å²) in [5.74, 6) is 0. The van der Waals surface area contributed by atoms with Crippen LogP contribution in [0.15, 0.2) is 29.6 Å². The van der Waals surface area contributed by atoms with Gasteiger partial charge in [-0.15, -0.1) is 11.3 Å². The maximum atomic E-state index is 9.21. The first kappa shape index (κ1) is 10.3. The summed E-state index contributed by atoms with van der Waals surface area (Å²) < 4.78 is 1.35. The summed E-state index contributed by atoms with van der Waals surface area (Å²) in [5.41, 5.74) is 1.38. The van der Waals surface area contributed by atoms with Crippen LogP contribution in [0.1, 0.15) is 18.4 Å². The van der Waals surface area contributed by atoms with Gasteiger partial charge in [-0.2, -0.15) is 0 Å². The molecule has 1 fully saturated rings. The first-order valence-corrected chi connectivity index (χ1v) is 6.57. The minimum Gasteiger partial charge on any atom is -0.393 e. The van der Waals surface area contributed by atoms with E-state index in [1.54, 1.807) is 11.3 Å². The van der Waals surface area contributed by atoms with Gasteiger partial charge >= 0.3 is 0 Å². The zero-order chi connectivity index (χ0) is 11.0. The van der Waals surface area contributed by atoms with E-state index in [-0.39, 0.29) is 6.10 Å². The number of nitrogens with one attached hydrogen (secondary N) is 1. The predicted molar refractivity (Wildman–Crippen MR) is 67.7 cm³/mol. The summed E-state index contributed by atoms with van der Waals surface area (Å²) in [4.78, 5) is 0. The molecule has 3 rings (SSSR count). The van der Waals surface area contributed by atoms with Gasteiger partial charge in [-0.1, -0.05) is 18.2 Å². The number of fused-ring (bicyclic) bond motifs is 1. The Morgan fingerprint density at radius 2 is 2.12 bits per heavy atom. The Bertz CT molecular complexity index is 487. The third-order valence-corrected chi connectivity index (χ3v) is 4.27. The predicted octanol–water partition coefficient (Wildman–Crippen LogP) is 2.51. The standard InChI is InChI=1S/C13H15NOS/c15-11-5-10(6-11)14-7-9-8-16-13-4-2-1-3-12(9)13/h1-4,8,10-11,14-15H,5-7H2. The topological polar surface area (TPSA) is 32.3 Å². The maximum absolute atomic E-state index is 9.21. The highest BCUT2D eigenvalue weighted by Crippen LogP contribution is 2.26. The molecule has 1 aliphatic rings. The van der Waals surface area contributed by atoms with Crippen molar-refractivity contribution in [3.05, 3.63) is 35.2 Å². The van der Waals surface area contributed by atoms with E-state index < -0.39 is 0 Å². The van der Waals surface area contributed by atoms with E-state index in [0.29, 0.717) is 6.04 Å². The normalized spacial score (nSPS) is 24.6. The highest BCUT2D eigenvalue weighted by molar-refractivity contribution is 7.17. The highest BCUT2D eigenvalue weighted by Gasteiger charge is 2.26. The van der Waals surface area contributed by atoms with Crippen molar-refractivity contribution in [2.24, 2.45) is 0 Å². The second-order valence-corrected chi connectivity index (χ2v) is 5.37. The van der Waals surface area contributed by atoms with Gasteiger partial charge in [0.25, 0.3) is 0 Å². The number of aliphatic hydroxyl groups is 1. The first-order valence-electron chi connectivity index (χ1n) is 5.69. The van der Waals surface area contributed by atoms with E-state index in [1.807, 2.05) is 0 Å². The quantitative estimate of drug-likeness (QED) is 0.853. The van der Waals surface area contributed by atoms with E-state index in [0.717, 1.165) is 19.4 Å². The lowest BCUT2D eigenvalue weighted by Gasteiger charge is -2.32. The molecule has 2 aromatic rings. The molecular formula is C13H15NOS. The number of hydrogen-bond donors (Lipinski definition) is 2. The van der Waals surface area contributed by atoms with Crippen molar-refractivity contribution in [3.63, 3.8) is 0 Å². The fourth-order valence-corrected chi connectivity index (χ4v) is 3.14. The van der Waals surface area contributed by atoms with E-state index in [2.05, 4.69) is 35.0 Å². The van der Waals surface area contributed by atoms with Crippen molar-refractivity contribution in [1.29, 1.82) is 0 Å². The van der Waals surface area contributed by atoms with Crippen molar-refractivity contribution in [2.75, 3.05) is 0 Å². The van der Waals surface area contributed by atoms with Crippen molar-refractivity contribution in [2.45, 2.75) is 31.5 Å². The summed E-state index contributed by atoms with van der Waals surface area (Å²) in [6.07, 6.45) is 1.74.